The van der Waals surface area contributed by atoms with E-state index >= 15 is 0 Å². The van der Waals surface area contributed by atoms with Crippen LogP contribution in [-0.2, 0) is 0 Å². The predicted octanol–water partition coefficient (Wildman–Crippen LogP) is 4.70. The van der Waals surface area contributed by atoms with Gasteiger partial charge in [0.15, 0.2) is 0 Å². The lowest BCUT2D eigenvalue weighted by molar-refractivity contribution is 0.125. The first-order valence-corrected chi connectivity index (χ1v) is 6.45. The van der Waals surface area contributed by atoms with E-state index in [1.54, 1.807) is 5.57 Å². The summed E-state index contributed by atoms with van der Waals surface area (Å²) in [5.41, 5.74) is 2.49. The molecule has 1 unspecified atom stereocenters. The van der Waals surface area contributed by atoms with Gasteiger partial charge in [-0.25, -0.2) is 0 Å². The molecule has 2 aliphatic carbocycles. The smallest absolute Gasteiger partial charge is 0.0232 e. The fourth-order valence-corrected chi connectivity index (χ4v) is 3.90. The topological polar surface area (TPSA) is 0 Å². The minimum absolute atomic E-state index is 0.745. The van der Waals surface area contributed by atoms with E-state index in [0.717, 1.165) is 11.3 Å². The van der Waals surface area contributed by atoms with E-state index < -0.39 is 0 Å². The van der Waals surface area contributed by atoms with E-state index in [2.05, 4.69) is 19.9 Å². The van der Waals surface area contributed by atoms with Crippen LogP contribution in [0.4, 0.5) is 0 Å². The second-order valence-electron chi connectivity index (χ2n) is 5.34. The van der Waals surface area contributed by atoms with E-state index in [1.165, 1.54) is 51.4 Å². The van der Waals surface area contributed by atoms with Crippen molar-refractivity contribution in [2.24, 2.45) is 11.3 Å². The van der Waals surface area contributed by atoms with Crippen molar-refractivity contribution in [3.8, 4) is 0 Å². The van der Waals surface area contributed by atoms with Crippen molar-refractivity contribution in [1.82, 2.24) is 0 Å². The molecule has 80 valence electrons. The van der Waals surface area contributed by atoms with E-state index in [9.17, 15) is 0 Å². The molecule has 2 aliphatic rings. The molecular weight excluding hydrogens is 168 g/mol. The standard InChI is InChI=1S/C14H24/c1-3-12-7-8-13(4-2)14(11-12)9-5-6-10-14/h3,13H,4-11H2,1-2H3/b12-3+. The van der Waals surface area contributed by atoms with Crippen LogP contribution in [0.3, 0.4) is 0 Å². The molecule has 1 spiro atoms. The zero-order valence-electron chi connectivity index (χ0n) is 9.81. The third-order valence-corrected chi connectivity index (χ3v) is 4.76. The minimum atomic E-state index is 0.745. The molecule has 14 heavy (non-hydrogen) atoms. The summed E-state index contributed by atoms with van der Waals surface area (Å²) in [6, 6.07) is 0. The quantitative estimate of drug-likeness (QED) is 0.528. The Morgan fingerprint density at radius 2 is 2.07 bits per heavy atom. The number of hydrogen-bond donors (Lipinski definition) is 0. The second-order valence-corrected chi connectivity index (χ2v) is 5.34. The van der Waals surface area contributed by atoms with Crippen LogP contribution in [0.5, 0.6) is 0 Å². The Morgan fingerprint density at radius 3 is 2.64 bits per heavy atom. The lowest BCUT2D eigenvalue weighted by Gasteiger charge is -2.42. The normalized spacial score (nSPS) is 34.1. The molecule has 2 fully saturated rings. The minimum Gasteiger partial charge on any atom is -0.0884 e. The summed E-state index contributed by atoms with van der Waals surface area (Å²) in [5.74, 6) is 1.04. The maximum atomic E-state index is 2.39. The van der Waals surface area contributed by atoms with E-state index in [0.29, 0.717) is 0 Å². The van der Waals surface area contributed by atoms with E-state index in [4.69, 9.17) is 0 Å². The molecule has 0 aromatic heterocycles. The van der Waals surface area contributed by atoms with Crippen molar-refractivity contribution in [2.75, 3.05) is 0 Å². The lowest BCUT2D eigenvalue weighted by atomic mass is 9.63. The van der Waals surface area contributed by atoms with Crippen molar-refractivity contribution in [2.45, 2.75) is 65.2 Å². The zero-order valence-corrected chi connectivity index (χ0v) is 9.81. The fourth-order valence-electron chi connectivity index (χ4n) is 3.90. The van der Waals surface area contributed by atoms with Crippen molar-refractivity contribution < 1.29 is 0 Å². The third kappa shape index (κ3) is 1.64. The molecule has 0 amide bonds. The number of allylic oxidation sites excluding steroid dienone is 2. The van der Waals surface area contributed by atoms with Gasteiger partial charge in [0, 0.05) is 0 Å². The molecule has 0 saturated heterocycles. The molecule has 0 aliphatic heterocycles. The van der Waals surface area contributed by atoms with Gasteiger partial charge in [0.2, 0.25) is 0 Å². The maximum Gasteiger partial charge on any atom is -0.0232 e. The van der Waals surface area contributed by atoms with Gasteiger partial charge in [-0.05, 0) is 50.4 Å². The van der Waals surface area contributed by atoms with E-state index in [1.807, 2.05) is 0 Å². The Hall–Kier alpha value is -0.260. The first kappa shape index (κ1) is 10.3. The highest BCUT2D eigenvalue weighted by molar-refractivity contribution is 5.11. The van der Waals surface area contributed by atoms with Gasteiger partial charge >= 0.3 is 0 Å². The second kappa shape index (κ2) is 4.08. The summed E-state index contributed by atoms with van der Waals surface area (Å²) >= 11 is 0. The van der Waals surface area contributed by atoms with Crippen LogP contribution in [-0.4, -0.2) is 0 Å². The Morgan fingerprint density at radius 1 is 1.36 bits per heavy atom. The van der Waals surface area contributed by atoms with Gasteiger partial charge < -0.3 is 0 Å². The van der Waals surface area contributed by atoms with Gasteiger partial charge in [-0.2, -0.15) is 0 Å². The Bertz CT molecular complexity index is 218. The summed E-state index contributed by atoms with van der Waals surface area (Å²) < 4.78 is 0. The highest BCUT2D eigenvalue weighted by Crippen LogP contribution is 2.54. The van der Waals surface area contributed by atoms with Gasteiger partial charge in [-0.3, -0.25) is 0 Å². The first-order valence-electron chi connectivity index (χ1n) is 6.45. The average Bonchev–Trinajstić information content (AvgIpc) is 2.67. The van der Waals surface area contributed by atoms with Crippen LogP contribution >= 0.6 is 0 Å². The van der Waals surface area contributed by atoms with Crippen LogP contribution in [0.15, 0.2) is 11.6 Å². The monoisotopic (exact) mass is 192 g/mol. The summed E-state index contributed by atoms with van der Waals surface area (Å²) in [4.78, 5) is 0. The molecule has 2 rings (SSSR count). The highest BCUT2D eigenvalue weighted by atomic mass is 14.5. The predicted molar refractivity (Wildman–Crippen MR) is 62.3 cm³/mol. The molecule has 1 atom stereocenters. The van der Waals surface area contributed by atoms with Gasteiger partial charge in [-0.1, -0.05) is 37.8 Å². The molecule has 0 N–H and O–H groups in total. The highest BCUT2D eigenvalue weighted by Gasteiger charge is 2.42. The summed E-state index contributed by atoms with van der Waals surface area (Å²) in [6.45, 7) is 4.62. The molecule has 0 aromatic carbocycles. The van der Waals surface area contributed by atoms with Gasteiger partial charge in [-0.15, -0.1) is 0 Å². The molecule has 0 heteroatoms. The van der Waals surface area contributed by atoms with Crippen LogP contribution in [0, 0.1) is 11.3 Å². The molecule has 0 bridgehead atoms. The SMILES string of the molecule is C/C=C1\CCC(CC)C2(CCCC2)C1. The number of rotatable bonds is 1. The summed E-state index contributed by atoms with van der Waals surface area (Å²) in [6.07, 6.45) is 14.1. The Kier molecular flexibility index (Phi) is 2.99. The molecule has 0 aromatic rings. The van der Waals surface area contributed by atoms with Gasteiger partial charge in [0.25, 0.3) is 0 Å². The Balaban J connectivity index is 2.15. The third-order valence-electron chi connectivity index (χ3n) is 4.76. The molecule has 0 heterocycles. The molecule has 0 radical (unpaired) electrons. The summed E-state index contributed by atoms with van der Waals surface area (Å²) in [7, 11) is 0. The van der Waals surface area contributed by atoms with Gasteiger partial charge in [0.05, 0.1) is 0 Å². The zero-order chi connectivity index (χ0) is 10.0. The Labute approximate surface area is 88.8 Å². The van der Waals surface area contributed by atoms with Crippen molar-refractivity contribution >= 4 is 0 Å². The van der Waals surface area contributed by atoms with Crippen molar-refractivity contribution in [3.63, 3.8) is 0 Å². The molecular formula is C14H24. The first-order chi connectivity index (χ1) is 6.80. The van der Waals surface area contributed by atoms with Crippen LogP contribution in [0.2, 0.25) is 0 Å². The maximum absolute atomic E-state index is 2.39. The fraction of sp³-hybridized carbons (Fsp3) is 0.857. The van der Waals surface area contributed by atoms with Crippen LogP contribution in [0.25, 0.3) is 0 Å². The van der Waals surface area contributed by atoms with Crippen LogP contribution in [0.1, 0.15) is 65.2 Å². The lowest BCUT2D eigenvalue weighted by Crippen LogP contribution is -2.31. The molecule has 2 saturated carbocycles. The average molecular weight is 192 g/mol. The number of hydrogen-bond acceptors (Lipinski definition) is 0. The van der Waals surface area contributed by atoms with Crippen LogP contribution < -0.4 is 0 Å². The summed E-state index contributed by atoms with van der Waals surface area (Å²) in [5, 5.41) is 0. The van der Waals surface area contributed by atoms with Crippen molar-refractivity contribution in [3.05, 3.63) is 11.6 Å². The van der Waals surface area contributed by atoms with Crippen molar-refractivity contribution in [1.29, 1.82) is 0 Å². The van der Waals surface area contributed by atoms with Gasteiger partial charge in [0.1, 0.15) is 0 Å². The molecule has 0 nitrogen and oxygen atoms in total. The largest absolute Gasteiger partial charge is 0.0884 e. The van der Waals surface area contributed by atoms with E-state index in [-0.39, 0.29) is 0 Å².